The van der Waals surface area contributed by atoms with Crippen molar-refractivity contribution in [1.82, 2.24) is 4.90 Å². The lowest BCUT2D eigenvalue weighted by molar-refractivity contribution is 0.0620. The van der Waals surface area contributed by atoms with Crippen LogP contribution in [0.25, 0.3) is 0 Å². The van der Waals surface area contributed by atoms with E-state index in [9.17, 15) is 9.90 Å². The van der Waals surface area contributed by atoms with Crippen molar-refractivity contribution >= 4 is 11.6 Å². The molecule has 4 heteroatoms. The summed E-state index contributed by atoms with van der Waals surface area (Å²) < 4.78 is 0. The van der Waals surface area contributed by atoms with Gasteiger partial charge in [-0.2, -0.15) is 0 Å². The number of anilines is 1. The fraction of sp³-hybridized carbons (Fsp3) is 0.562. The molecule has 1 aromatic carbocycles. The van der Waals surface area contributed by atoms with E-state index >= 15 is 0 Å². The fourth-order valence-electron chi connectivity index (χ4n) is 2.79. The lowest BCUT2D eigenvalue weighted by atomic mass is 9.97. The summed E-state index contributed by atoms with van der Waals surface area (Å²) in [6.45, 7) is 6.53. The molecule has 0 aliphatic carbocycles. The minimum atomic E-state index is 0.0868. The number of aliphatic hydroxyl groups is 1. The minimum Gasteiger partial charge on any atom is -0.396 e. The topological polar surface area (TPSA) is 52.6 Å². The van der Waals surface area contributed by atoms with Gasteiger partial charge < -0.3 is 15.3 Å². The predicted molar refractivity (Wildman–Crippen MR) is 81.1 cm³/mol. The number of hydrogen-bond acceptors (Lipinski definition) is 3. The summed E-state index contributed by atoms with van der Waals surface area (Å²) in [6.07, 6.45) is 1.99. The number of nitrogens with one attached hydrogen (secondary N) is 1. The monoisotopic (exact) mass is 276 g/mol. The van der Waals surface area contributed by atoms with E-state index in [1.165, 1.54) is 0 Å². The standard InChI is InChI=1S/C16H24N2O2/c1-3-17-14-6-7-15(12(2)9-14)16(20)18-8-4-5-13(10-18)11-19/h6-7,9,13,17,19H,3-5,8,10-11H2,1-2H3. The maximum Gasteiger partial charge on any atom is 0.254 e. The van der Waals surface area contributed by atoms with E-state index in [1.807, 2.05) is 30.0 Å². The number of hydrogen-bond donors (Lipinski definition) is 2. The molecule has 2 N–H and O–H groups in total. The van der Waals surface area contributed by atoms with Gasteiger partial charge in [-0.1, -0.05) is 0 Å². The number of aliphatic hydroxyl groups excluding tert-OH is 1. The number of nitrogens with zero attached hydrogens (tertiary/aromatic N) is 1. The van der Waals surface area contributed by atoms with E-state index in [2.05, 4.69) is 12.2 Å². The van der Waals surface area contributed by atoms with Gasteiger partial charge in [0.15, 0.2) is 0 Å². The van der Waals surface area contributed by atoms with Crippen molar-refractivity contribution in [3.8, 4) is 0 Å². The van der Waals surface area contributed by atoms with E-state index in [1.54, 1.807) is 0 Å². The molecule has 2 rings (SSSR count). The molecule has 0 bridgehead atoms. The van der Waals surface area contributed by atoms with E-state index < -0.39 is 0 Å². The average molecular weight is 276 g/mol. The van der Waals surface area contributed by atoms with Crippen LogP contribution in [0.2, 0.25) is 0 Å². The van der Waals surface area contributed by atoms with Gasteiger partial charge in [0.1, 0.15) is 0 Å². The second-order valence-electron chi connectivity index (χ2n) is 5.50. The number of carbonyl (C=O) groups is 1. The summed E-state index contributed by atoms with van der Waals surface area (Å²) in [5, 5.41) is 12.5. The Labute approximate surface area is 120 Å². The summed E-state index contributed by atoms with van der Waals surface area (Å²) in [5.41, 5.74) is 2.82. The van der Waals surface area contributed by atoms with Crippen molar-refractivity contribution < 1.29 is 9.90 Å². The molecule has 0 radical (unpaired) electrons. The smallest absolute Gasteiger partial charge is 0.254 e. The van der Waals surface area contributed by atoms with Crippen LogP contribution in [-0.2, 0) is 0 Å². The van der Waals surface area contributed by atoms with Gasteiger partial charge in [-0.3, -0.25) is 4.79 Å². The quantitative estimate of drug-likeness (QED) is 0.887. The molecule has 1 aromatic rings. The molecular formula is C16H24N2O2. The molecule has 0 saturated carbocycles. The van der Waals surface area contributed by atoms with Crippen molar-refractivity contribution in [1.29, 1.82) is 0 Å². The first-order valence-electron chi connectivity index (χ1n) is 7.40. The van der Waals surface area contributed by atoms with E-state index in [0.29, 0.717) is 6.54 Å². The summed E-state index contributed by atoms with van der Waals surface area (Å²) in [4.78, 5) is 14.4. The number of piperidine rings is 1. The van der Waals surface area contributed by atoms with Gasteiger partial charge in [0, 0.05) is 37.5 Å². The summed E-state index contributed by atoms with van der Waals surface area (Å²) in [5.74, 6) is 0.317. The van der Waals surface area contributed by atoms with Crippen molar-refractivity contribution in [2.24, 2.45) is 5.92 Å². The molecule has 20 heavy (non-hydrogen) atoms. The summed E-state index contributed by atoms with van der Waals surface area (Å²) in [6, 6.07) is 5.87. The number of likely N-dealkylation sites (tertiary alicyclic amines) is 1. The molecule has 1 aliphatic rings. The molecule has 1 heterocycles. The first-order chi connectivity index (χ1) is 9.65. The Hall–Kier alpha value is -1.55. The number of carbonyl (C=O) groups excluding carboxylic acids is 1. The summed E-state index contributed by atoms with van der Waals surface area (Å²) in [7, 11) is 0. The first-order valence-corrected chi connectivity index (χ1v) is 7.40. The van der Waals surface area contributed by atoms with Crippen LogP contribution in [0.1, 0.15) is 35.7 Å². The third kappa shape index (κ3) is 3.31. The number of aryl methyl sites for hydroxylation is 1. The first kappa shape index (κ1) is 14.9. The zero-order chi connectivity index (χ0) is 14.5. The molecule has 1 unspecified atom stereocenters. The molecule has 1 fully saturated rings. The van der Waals surface area contributed by atoms with Crippen LogP contribution in [0.4, 0.5) is 5.69 Å². The van der Waals surface area contributed by atoms with E-state index in [-0.39, 0.29) is 18.4 Å². The van der Waals surface area contributed by atoms with Crippen LogP contribution < -0.4 is 5.32 Å². The van der Waals surface area contributed by atoms with Gasteiger partial charge in [-0.05, 0) is 56.4 Å². The fourth-order valence-corrected chi connectivity index (χ4v) is 2.79. The third-order valence-electron chi connectivity index (χ3n) is 3.90. The Bertz CT molecular complexity index is 474. The highest BCUT2D eigenvalue weighted by atomic mass is 16.3. The highest BCUT2D eigenvalue weighted by Gasteiger charge is 2.24. The Kier molecular flexibility index (Phi) is 5.01. The van der Waals surface area contributed by atoms with Crippen molar-refractivity contribution in [3.05, 3.63) is 29.3 Å². The number of rotatable bonds is 4. The van der Waals surface area contributed by atoms with Crippen LogP contribution in [0.5, 0.6) is 0 Å². The molecule has 1 amide bonds. The van der Waals surface area contributed by atoms with Gasteiger partial charge in [0.05, 0.1) is 0 Å². The van der Waals surface area contributed by atoms with Crippen LogP contribution >= 0.6 is 0 Å². The Balaban J connectivity index is 2.12. The molecule has 1 atom stereocenters. The van der Waals surface area contributed by atoms with Gasteiger partial charge in [0.25, 0.3) is 5.91 Å². The van der Waals surface area contributed by atoms with Crippen LogP contribution in [0.15, 0.2) is 18.2 Å². The van der Waals surface area contributed by atoms with Gasteiger partial charge in [-0.15, -0.1) is 0 Å². The Morgan fingerprint density at radius 2 is 2.30 bits per heavy atom. The molecular weight excluding hydrogens is 252 g/mol. The molecule has 0 spiro atoms. The van der Waals surface area contributed by atoms with Gasteiger partial charge in [-0.25, -0.2) is 0 Å². The molecule has 0 aromatic heterocycles. The zero-order valence-electron chi connectivity index (χ0n) is 12.4. The SMILES string of the molecule is CCNc1ccc(C(=O)N2CCCC(CO)C2)c(C)c1. The van der Waals surface area contributed by atoms with Gasteiger partial charge >= 0.3 is 0 Å². The second kappa shape index (κ2) is 6.75. The highest BCUT2D eigenvalue weighted by molar-refractivity contribution is 5.96. The van der Waals surface area contributed by atoms with E-state index in [4.69, 9.17) is 0 Å². The van der Waals surface area contributed by atoms with Crippen molar-refractivity contribution in [2.75, 3.05) is 31.6 Å². The van der Waals surface area contributed by atoms with E-state index in [0.717, 1.165) is 42.7 Å². The van der Waals surface area contributed by atoms with Gasteiger partial charge in [0.2, 0.25) is 0 Å². The average Bonchev–Trinajstić information content (AvgIpc) is 2.47. The number of benzene rings is 1. The molecule has 1 saturated heterocycles. The highest BCUT2D eigenvalue weighted by Crippen LogP contribution is 2.21. The molecule has 4 nitrogen and oxygen atoms in total. The number of amides is 1. The Morgan fingerprint density at radius 3 is 2.95 bits per heavy atom. The third-order valence-corrected chi connectivity index (χ3v) is 3.90. The van der Waals surface area contributed by atoms with Crippen LogP contribution in [0.3, 0.4) is 0 Å². The Morgan fingerprint density at radius 1 is 1.50 bits per heavy atom. The second-order valence-corrected chi connectivity index (χ2v) is 5.50. The maximum absolute atomic E-state index is 12.6. The lowest BCUT2D eigenvalue weighted by Gasteiger charge is -2.32. The van der Waals surface area contributed by atoms with Crippen molar-refractivity contribution in [3.63, 3.8) is 0 Å². The largest absolute Gasteiger partial charge is 0.396 e. The normalized spacial score (nSPS) is 18.9. The summed E-state index contributed by atoms with van der Waals surface area (Å²) >= 11 is 0. The maximum atomic E-state index is 12.6. The molecule has 110 valence electrons. The van der Waals surface area contributed by atoms with Crippen molar-refractivity contribution in [2.45, 2.75) is 26.7 Å². The molecule has 1 aliphatic heterocycles. The predicted octanol–water partition coefficient (Wildman–Crippen LogP) is 2.27. The lowest BCUT2D eigenvalue weighted by Crippen LogP contribution is -2.41. The van der Waals surface area contributed by atoms with Crippen LogP contribution in [-0.4, -0.2) is 42.2 Å². The minimum absolute atomic E-state index is 0.0868. The zero-order valence-corrected chi connectivity index (χ0v) is 12.4. The van der Waals surface area contributed by atoms with Crippen LogP contribution in [0, 0.1) is 12.8 Å².